The maximum absolute atomic E-state index is 12.4. The number of nitrogens with zero attached hydrogens (tertiary/aromatic N) is 4. The van der Waals surface area contributed by atoms with Crippen LogP contribution in [0.2, 0.25) is 6.82 Å². The molecular weight excluding hydrogens is 375 g/mol. The van der Waals surface area contributed by atoms with Crippen LogP contribution in [0.3, 0.4) is 0 Å². The summed E-state index contributed by atoms with van der Waals surface area (Å²) in [6.07, 6.45) is -1.20. The molecule has 1 aromatic carbocycles. The molecule has 0 spiro atoms. The lowest BCUT2D eigenvalue weighted by atomic mass is 10.1. The SMILES string of the molecule is NC[C@H]1O[C@@H](n2cnc3c(NC(=O)c4ccccc4)ncnc32)C(O)[C@H]1O.[B]C. The fourth-order valence-corrected chi connectivity index (χ4v) is 3.05. The molecule has 29 heavy (non-hydrogen) atoms. The number of hydrogen-bond acceptors (Lipinski definition) is 8. The first-order valence-corrected chi connectivity index (χ1v) is 8.93. The molecule has 0 bridgehead atoms. The number of carbonyl (C=O) groups excluding carboxylic acids is 1. The molecule has 2 aromatic heterocycles. The van der Waals surface area contributed by atoms with Gasteiger partial charge in [-0.25, -0.2) is 15.0 Å². The average molecular weight is 396 g/mol. The van der Waals surface area contributed by atoms with E-state index in [0.29, 0.717) is 16.7 Å². The van der Waals surface area contributed by atoms with Crippen molar-refractivity contribution in [2.45, 2.75) is 31.4 Å². The second kappa shape index (κ2) is 9.10. The smallest absolute Gasteiger partial charge is 0.256 e. The summed E-state index contributed by atoms with van der Waals surface area (Å²) in [5.41, 5.74) is 6.72. The third-order valence-electron chi connectivity index (χ3n) is 4.47. The Morgan fingerprint density at radius 2 is 1.93 bits per heavy atom. The Balaban J connectivity index is 0.00000117. The summed E-state index contributed by atoms with van der Waals surface area (Å²) in [4.78, 5) is 24.9. The number of nitrogens with one attached hydrogen (secondary N) is 1. The first-order chi connectivity index (χ1) is 14.1. The van der Waals surface area contributed by atoms with Gasteiger partial charge in [0.2, 0.25) is 0 Å². The Morgan fingerprint density at radius 3 is 2.59 bits per heavy atom. The van der Waals surface area contributed by atoms with Gasteiger partial charge in [0, 0.05) is 12.1 Å². The second-order valence-corrected chi connectivity index (χ2v) is 6.15. The van der Waals surface area contributed by atoms with Gasteiger partial charge >= 0.3 is 0 Å². The highest BCUT2D eigenvalue weighted by Crippen LogP contribution is 2.31. The van der Waals surface area contributed by atoms with Crippen LogP contribution in [0.1, 0.15) is 16.6 Å². The highest BCUT2D eigenvalue weighted by atomic mass is 16.6. The van der Waals surface area contributed by atoms with Gasteiger partial charge in [0.1, 0.15) is 24.6 Å². The molecule has 1 unspecified atom stereocenters. The number of benzene rings is 1. The molecule has 1 aliphatic heterocycles. The Bertz CT molecular complexity index is 969. The lowest BCUT2D eigenvalue weighted by Gasteiger charge is -2.16. The molecule has 1 saturated heterocycles. The molecule has 5 N–H and O–H groups in total. The van der Waals surface area contributed by atoms with E-state index in [-0.39, 0.29) is 18.3 Å². The lowest BCUT2D eigenvalue weighted by Crippen LogP contribution is -2.35. The first kappa shape index (κ1) is 20.9. The molecule has 2 radical (unpaired) electrons. The van der Waals surface area contributed by atoms with Crippen LogP contribution in [0.25, 0.3) is 11.2 Å². The Labute approximate surface area is 168 Å². The molecule has 0 saturated carbocycles. The monoisotopic (exact) mass is 396 g/mol. The minimum Gasteiger partial charge on any atom is -0.387 e. The van der Waals surface area contributed by atoms with Crippen molar-refractivity contribution in [3.8, 4) is 0 Å². The molecule has 1 aliphatic rings. The number of aromatic nitrogens is 4. The van der Waals surface area contributed by atoms with Crippen molar-refractivity contribution in [3.63, 3.8) is 0 Å². The summed E-state index contributed by atoms with van der Waals surface area (Å²) < 4.78 is 7.11. The Morgan fingerprint density at radius 1 is 1.21 bits per heavy atom. The van der Waals surface area contributed by atoms with Crippen molar-refractivity contribution in [1.29, 1.82) is 0 Å². The Kier molecular flexibility index (Phi) is 6.55. The number of carbonyl (C=O) groups is 1. The Hall–Kier alpha value is -2.86. The summed E-state index contributed by atoms with van der Waals surface area (Å²) in [7, 11) is 4.50. The zero-order valence-corrected chi connectivity index (χ0v) is 15.7. The summed E-state index contributed by atoms with van der Waals surface area (Å²) >= 11 is 0. The molecule has 4 atom stereocenters. The number of nitrogens with two attached hydrogens (primary N) is 1. The van der Waals surface area contributed by atoms with Gasteiger partial charge in [0.15, 0.2) is 23.2 Å². The third-order valence-corrected chi connectivity index (χ3v) is 4.47. The molecule has 10 nitrogen and oxygen atoms in total. The van der Waals surface area contributed by atoms with Gasteiger partial charge in [-0.15, -0.1) is 0 Å². The van der Waals surface area contributed by atoms with Crippen LogP contribution >= 0.6 is 0 Å². The number of anilines is 1. The van der Waals surface area contributed by atoms with Crippen LogP contribution in [0.15, 0.2) is 43.0 Å². The predicted molar refractivity (Wildman–Crippen MR) is 106 cm³/mol. The number of amides is 1. The number of ether oxygens (including phenoxy) is 1. The summed E-state index contributed by atoms with van der Waals surface area (Å²) in [5.74, 6) is -0.100. The molecule has 3 aromatic rings. The van der Waals surface area contributed by atoms with Gasteiger partial charge in [-0.2, -0.15) is 0 Å². The number of fused-ring (bicyclic) bond motifs is 1. The molecule has 1 fully saturated rings. The third kappa shape index (κ3) is 3.98. The molecule has 1 amide bonds. The van der Waals surface area contributed by atoms with Gasteiger partial charge in [-0.3, -0.25) is 9.36 Å². The maximum Gasteiger partial charge on any atom is 0.256 e. The van der Waals surface area contributed by atoms with Crippen LogP contribution in [0.5, 0.6) is 0 Å². The van der Waals surface area contributed by atoms with Crippen LogP contribution in [-0.2, 0) is 4.74 Å². The van der Waals surface area contributed by atoms with E-state index >= 15 is 0 Å². The van der Waals surface area contributed by atoms with Gasteiger partial charge in [-0.05, 0) is 12.1 Å². The highest BCUT2D eigenvalue weighted by Gasteiger charge is 2.43. The van der Waals surface area contributed by atoms with Crippen molar-refractivity contribution in [3.05, 3.63) is 48.5 Å². The van der Waals surface area contributed by atoms with E-state index in [9.17, 15) is 15.0 Å². The standard InChI is InChI=1S/C17H18N6O4.CH3B/c18-6-10-12(24)13(25)17(27-10)23-8-21-11-14(19-7-20-15(11)23)22-16(26)9-4-2-1-3-5-9;1-2/h1-5,7-8,10,12-13,17,24-25H,6,18H2,(H,19,20,22,26);1H3/t10-,12+,13?,17-;/m1./s1. The fraction of sp³-hybridized carbons (Fsp3) is 0.333. The summed E-state index contributed by atoms with van der Waals surface area (Å²) in [6, 6.07) is 8.71. The quantitative estimate of drug-likeness (QED) is 0.446. The van der Waals surface area contributed by atoms with E-state index in [1.807, 2.05) is 6.07 Å². The van der Waals surface area contributed by atoms with Crippen molar-refractivity contribution < 1.29 is 19.7 Å². The van der Waals surface area contributed by atoms with Crippen molar-refractivity contribution in [1.82, 2.24) is 19.5 Å². The van der Waals surface area contributed by atoms with Crippen LogP contribution in [0, 0.1) is 0 Å². The zero-order chi connectivity index (χ0) is 21.0. The molecule has 0 aliphatic carbocycles. The number of aliphatic hydroxyl groups is 2. The number of rotatable bonds is 4. The summed E-state index contributed by atoms with van der Waals surface area (Å²) in [5, 5.41) is 23.0. The topological polar surface area (TPSA) is 148 Å². The van der Waals surface area contributed by atoms with E-state index in [1.54, 1.807) is 24.3 Å². The number of imidazole rings is 1. The fourth-order valence-electron chi connectivity index (χ4n) is 3.05. The van der Waals surface area contributed by atoms with Crippen molar-refractivity contribution in [2.75, 3.05) is 11.9 Å². The molecular formula is C18H21BN6O4. The van der Waals surface area contributed by atoms with E-state index in [1.165, 1.54) is 24.0 Å². The minimum absolute atomic E-state index is 0.0642. The van der Waals surface area contributed by atoms with Gasteiger partial charge < -0.3 is 26.0 Å². The van der Waals surface area contributed by atoms with Crippen LogP contribution in [-0.4, -0.2) is 68.3 Å². The number of aliphatic hydroxyl groups excluding tert-OH is 2. The predicted octanol–water partition coefficient (Wildman–Crippen LogP) is -0.141. The van der Waals surface area contributed by atoms with E-state index in [2.05, 4.69) is 28.1 Å². The molecule has 4 rings (SSSR count). The van der Waals surface area contributed by atoms with E-state index in [0.717, 1.165) is 0 Å². The largest absolute Gasteiger partial charge is 0.387 e. The first-order valence-electron chi connectivity index (χ1n) is 8.93. The number of hydrogen-bond donors (Lipinski definition) is 4. The van der Waals surface area contributed by atoms with E-state index in [4.69, 9.17) is 10.5 Å². The minimum atomic E-state index is -1.19. The molecule has 11 heteroatoms. The summed E-state index contributed by atoms with van der Waals surface area (Å²) in [6.45, 7) is 1.56. The van der Waals surface area contributed by atoms with Gasteiger partial charge in [-0.1, -0.05) is 25.0 Å². The van der Waals surface area contributed by atoms with Crippen molar-refractivity contribution in [2.24, 2.45) is 5.73 Å². The van der Waals surface area contributed by atoms with Gasteiger partial charge in [0.05, 0.1) is 14.2 Å². The second-order valence-electron chi connectivity index (χ2n) is 6.15. The van der Waals surface area contributed by atoms with Gasteiger partial charge in [0.25, 0.3) is 5.91 Å². The van der Waals surface area contributed by atoms with Crippen LogP contribution < -0.4 is 11.1 Å². The molecule has 3 heterocycles. The van der Waals surface area contributed by atoms with Crippen LogP contribution in [0.4, 0.5) is 5.82 Å². The molecule has 150 valence electrons. The van der Waals surface area contributed by atoms with E-state index < -0.39 is 24.5 Å². The van der Waals surface area contributed by atoms with Crippen molar-refractivity contribution >= 4 is 30.7 Å². The maximum atomic E-state index is 12.4. The normalized spacial score (nSPS) is 23.4. The zero-order valence-electron chi connectivity index (χ0n) is 15.7. The highest BCUT2D eigenvalue weighted by molar-refractivity contribution is 6.06. The average Bonchev–Trinajstić information content (AvgIpc) is 3.32. The lowest BCUT2D eigenvalue weighted by molar-refractivity contribution is -0.0322.